The molecule has 20 heavy (non-hydrogen) atoms. The van der Waals surface area contributed by atoms with Crippen LogP contribution in [0.5, 0.6) is 0 Å². The minimum atomic E-state index is -0.361. The predicted octanol–water partition coefficient (Wildman–Crippen LogP) is 3.60. The third-order valence-corrected chi connectivity index (χ3v) is 3.97. The van der Waals surface area contributed by atoms with E-state index in [1.807, 2.05) is 19.2 Å². The summed E-state index contributed by atoms with van der Waals surface area (Å²) in [4.78, 5) is 16.0. The standard InChI is InChI=1S/C14H17N3O2S/c1-3-13(15-9-14-16-8-10(2)20-14)11-5-4-6-12(7-11)17(18)19/h4-8,13,15H,3,9H2,1-2H3. The van der Waals surface area contributed by atoms with Crippen LogP contribution in [0.15, 0.2) is 30.5 Å². The first-order chi connectivity index (χ1) is 9.60. The van der Waals surface area contributed by atoms with Crippen LogP contribution in [0.3, 0.4) is 0 Å². The molecule has 0 spiro atoms. The number of non-ortho nitro benzene ring substituents is 1. The van der Waals surface area contributed by atoms with Crippen LogP contribution in [-0.4, -0.2) is 9.91 Å². The molecule has 0 bridgehead atoms. The van der Waals surface area contributed by atoms with E-state index in [1.165, 1.54) is 10.9 Å². The van der Waals surface area contributed by atoms with Crippen LogP contribution < -0.4 is 5.32 Å². The Morgan fingerprint density at radius 1 is 1.50 bits per heavy atom. The fourth-order valence-electron chi connectivity index (χ4n) is 2.05. The number of nitro benzene ring substituents is 1. The molecule has 6 heteroatoms. The van der Waals surface area contributed by atoms with Crippen molar-refractivity contribution in [2.45, 2.75) is 32.9 Å². The molecule has 0 fully saturated rings. The Balaban J connectivity index is 2.07. The van der Waals surface area contributed by atoms with Gasteiger partial charge >= 0.3 is 0 Å². The number of benzene rings is 1. The Morgan fingerprint density at radius 2 is 2.30 bits per heavy atom. The van der Waals surface area contributed by atoms with E-state index in [4.69, 9.17) is 0 Å². The molecule has 1 atom stereocenters. The number of aryl methyl sites for hydroxylation is 1. The van der Waals surface area contributed by atoms with Crippen molar-refractivity contribution in [3.8, 4) is 0 Å². The lowest BCUT2D eigenvalue weighted by Gasteiger charge is -2.16. The highest BCUT2D eigenvalue weighted by atomic mass is 32.1. The molecule has 2 aromatic rings. The SMILES string of the molecule is CCC(NCc1ncc(C)s1)c1cccc([N+](=O)[O-])c1. The van der Waals surface area contributed by atoms with Crippen molar-refractivity contribution >= 4 is 17.0 Å². The van der Waals surface area contributed by atoms with Crippen molar-refractivity contribution in [3.05, 3.63) is 56.0 Å². The van der Waals surface area contributed by atoms with E-state index in [1.54, 1.807) is 23.5 Å². The Bertz CT molecular complexity index is 598. The molecule has 1 aromatic carbocycles. The number of nitro groups is 1. The molecule has 0 saturated carbocycles. The second-order valence-corrected chi connectivity index (χ2v) is 5.88. The minimum Gasteiger partial charge on any atom is -0.304 e. The number of thiazole rings is 1. The zero-order chi connectivity index (χ0) is 14.5. The van der Waals surface area contributed by atoms with Crippen LogP contribution in [0.25, 0.3) is 0 Å². The van der Waals surface area contributed by atoms with E-state index in [-0.39, 0.29) is 16.7 Å². The Kier molecular flexibility index (Phi) is 4.81. The van der Waals surface area contributed by atoms with E-state index in [0.29, 0.717) is 6.54 Å². The lowest BCUT2D eigenvalue weighted by Crippen LogP contribution is -2.20. The van der Waals surface area contributed by atoms with Crippen LogP contribution >= 0.6 is 11.3 Å². The highest BCUT2D eigenvalue weighted by Crippen LogP contribution is 2.22. The van der Waals surface area contributed by atoms with Crippen LogP contribution in [0, 0.1) is 17.0 Å². The molecule has 0 amide bonds. The summed E-state index contributed by atoms with van der Waals surface area (Å²) >= 11 is 1.66. The predicted molar refractivity (Wildman–Crippen MR) is 79.8 cm³/mol. The lowest BCUT2D eigenvalue weighted by molar-refractivity contribution is -0.384. The average Bonchev–Trinajstić information content (AvgIpc) is 2.85. The Labute approximate surface area is 121 Å². The second-order valence-electron chi connectivity index (χ2n) is 4.56. The first-order valence-corrected chi connectivity index (χ1v) is 7.31. The first kappa shape index (κ1) is 14.6. The topological polar surface area (TPSA) is 68.1 Å². The maximum Gasteiger partial charge on any atom is 0.269 e. The molecule has 0 aliphatic heterocycles. The summed E-state index contributed by atoms with van der Waals surface area (Å²) in [6, 6.07) is 6.89. The molecule has 0 aliphatic carbocycles. The van der Waals surface area contributed by atoms with Gasteiger partial charge in [-0.1, -0.05) is 19.1 Å². The van der Waals surface area contributed by atoms with Crippen molar-refractivity contribution in [2.24, 2.45) is 0 Å². The largest absolute Gasteiger partial charge is 0.304 e. The lowest BCUT2D eigenvalue weighted by atomic mass is 10.0. The summed E-state index contributed by atoms with van der Waals surface area (Å²) < 4.78 is 0. The summed E-state index contributed by atoms with van der Waals surface area (Å²) in [5, 5.41) is 15.3. The number of hydrogen-bond donors (Lipinski definition) is 1. The van der Waals surface area contributed by atoms with Crippen molar-refractivity contribution in [1.82, 2.24) is 10.3 Å². The first-order valence-electron chi connectivity index (χ1n) is 6.49. The normalized spacial score (nSPS) is 12.3. The van der Waals surface area contributed by atoms with Gasteiger partial charge < -0.3 is 5.32 Å². The Hall–Kier alpha value is -1.79. The van der Waals surface area contributed by atoms with Gasteiger partial charge in [0, 0.05) is 35.8 Å². The number of aromatic nitrogens is 1. The maximum absolute atomic E-state index is 10.8. The van der Waals surface area contributed by atoms with Crippen molar-refractivity contribution < 1.29 is 4.92 Å². The molecular weight excluding hydrogens is 274 g/mol. The van der Waals surface area contributed by atoms with E-state index < -0.39 is 0 Å². The molecule has 0 radical (unpaired) electrons. The smallest absolute Gasteiger partial charge is 0.269 e. The highest BCUT2D eigenvalue weighted by molar-refractivity contribution is 7.11. The second kappa shape index (κ2) is 6.58. The fraction of sp³-hybridized carbons (Fsp3) is 0.357. The van der Waals surface area contributed by atoms with Crippen molar-refractivity contribution in [2.75, 3.05) is 0 Å². The molecule has 1 unspecified atom stereocenters. The molecule has 1 heterocycles. The number of hydrogen-bond acceptors (Lipinski definition) is 5. The van der Waals surface area contributed by atoms with Gasteiger partial charge in [0.25, 0.3) is 5.69 Å². The van der Waals surface area contributed by atoms with Crippen LogP contribution in [0.4, 0.5) is 5.69 Å². The van der Waals surface area contributed by atoms with Crippen molar-refractivity contribution in [1.29, 1.82) is 0 Å². The maximum atomic E-state index is 10.8. The van der Waals surface area contributed by atoms with E-state index >= 15 is 0 Å². The molecule has 1 N–H and O–H groups in total. The van der Waals surface area contributed by atoms with Gasteiger partial charge in [-0.05, 0) is 18.9 Å². The molecule has 5 nitrogen and oxygen atoms in total. The van der Waals surface area contributed by atoms with Crippen LogP contribution in [-0.2, 0) is 6.54 Å². The van der Waals surface area contributed by atoms with Gasteiger partial charge in [0.15, 0.2) is 0 Å². The quantitative estimate of drug-likeness (QED) is 0.652. The van der Waals surface area contributed by atoms with Gasteiger partial charge in [-0.15, -0.1) is 11.3 Å². The summed E-state index contributed by atoms with van der Waals surface area (Å²) in [5.74, 6) is 0. The number of nitrogens with zero attached hydrogens (tertiary/aromatic N) is 2. The van der Waals surface area contributed by atoms with Gasteiger partial charge in [-0.3, -0.25) is 10.1 Å². The summed E-state index contributed by atoms with van der Waals surface area (Å²) in [6.07, 6.45) is 2.72. The Morgan fingerprint density at radius 3 is 2.90 bits per heavy atom. The summed E-state index contributed by atoms with van der Waals surface area (Å²) in [5.41, 5.74) is 1.07. The van der Waals surface area contributed by atoms with E-state index in [0.717, 1.165) is 17.0 Å². The van der Waals surface area contributed by atoms with Crippen LogP contribution in [0.1, 0.15) is 34.8 Å². The molecule has 106 valence electrons. The highest BCUT2D eigenvalue weighted by Gasteiger charge is 2.13. The minimum absolute atomic E-state index is 0.0964. The summed E-state index contributed by atoms with van der Waals surface area (Å²) in [6.45, 7) is 4.77. The van der Waals surface area contributed by atoms with E-state index in [9.17, 15) is 10.1 Å². The van der Waals surface area contributed by atoms with Crippen LogP contribution in [0.2, 0.25) is 0 Å². The van der Waals surface area contributed by atoms with Gasteiger partial charge in [0.2, 0.25) is 0 Å². The molecule has 0 aliphatic rings. The van der Waals surface area contributed by atoms with Crippen molar-refractivity contribution in [3.63, 3.8) is 0 Å². The van der Waals surface area contributed by atoms with Gasteiger partial charge in [0.05, 0.1) is 4.92 Å². The monoisotopic (exact) mass is 291 g/mol. The molecular formula is C14H17N3O2S. The molecule has 2 rings (SSSR count). The number of nitrogens with one attached hydrogen (secondary N) is 1. The average molecular weight is 291 g/mol. The fourth-order valence-corrected chi connectivity index (χ4v) is 2.78. The zero-order valence-corrected chi connectivity index (χ0v) is 12.3. The summed E-state index contributed by atoms with van der Waals surface area (Å²) in [7, 11) is 0. The third-order valence-electron chi connectivity index (χ3n) is 3.06. The number of rotatable bonds is 6. The molecule has 0 saturated heterocycles. The zero-order valence-electron chi connectivity index (χ0n) is 11.5. The van der Waals surface area contributed by atoms with E-state index in [2.05, 4.69) is 17.2 Å². The third kappa shape index (κ3) is 3.61. The van der Waals surface area contributed by atoms with Gasteiger partial charge in [-0.2, -0.15) is 0 Å². The van der Waals surface area contributed by atoms with Gasteiger partial charge in [0.1, 0.15) is 5.01 Å². The molecule has 1 aromatic heterocycles. The van der Waals surface area contributed by atoms with Gasteiger partial charge in [-0.25, -0.2) is 4.98 Å².